The van der Waals surface area contributed by atoms with E-state index in [0.717, 1.165) is 22.5 Å². The lowest BCUT2D eigenvalue weighted by molar-refractivity contribution is 0.0950. The Morgan fingerprint density at radius 2 is 1.92 bits per heavy atom. The second-order valence-electron chi connectivity index (χ2n) is 5.45. The second kappa shape index (κ2) is 7.37. The molecule has 2 N–H and O–H groups in total. The number of hydrogen-bond acceptors (Lipinski definition) is 4. The number of aryl methyl sites for hydroxylation is 1. The molecule has 3 aromatic rings. The van der Waals surface area contributed by atoms with Crippen LogP contribution in [0.2, 0.25) is 0 Å². The monoisotopic (exact) mass is 318 g/mol. The minimum absolute atomic E-state index is 0.167. The second-order valence-corrected chi connectivity index (χ2v) is 5.45. The Morgan fingerprint density at radius 3 is 2.71 bits per heavy atom. The summed E-state index contributed by atoms with van der Waals surface area (Å²) in [6, 6.07) is 13.5. The van der Waals surface area contributed by atoms with Crippen molar-refractivity contribution in [1.82, 2.24) is 15.3 Å². The van der Waals surface area contributed by atoms with Gasteiger partial charge in [0, 0.05) is 30.8 Å². The average molecular weight is 318 g/mol. The summed E-state index contributed by atoms with van der Waals surface area (Å²) in [5.41, 5.74) is 4.36. The van der Waals surface area contributed by atoms with Crippen LogP contribution in [0.4, 0.5) is 11.4 Å². The van der Waals surface area contributed by atoms with Crippen molar-refractivity contribution in [3.63, 3.8) is 0 Å². The zero-order chi connectivity index (χ0) is 16.8. The third-order valence-corrected chi connectivity index (χ3v) is 3.60. The quantitative estimate of drug-likeness (QED) is 0.756. The summed E-state index contributed by atoms with van der Waals surface area (Å²) in [4.78, 5) is 20.5. The van der Waals surface area contributed by atoms with Crippen LogP contribution in [0, 0.1) is 6.92 Å². The number of para-hydroxylation sites is 1. The van der Waals surface area contributed by atoms with Crippen molar-refractivity contribution in [2.45, 2.75) is 13.5 Å². The summed E-state index contributed by atoms with van der Waals surface area (Å²) in [6.07, 6.45) is 6.69. The van der Waals surface area contributed by atoms with Crippen molar-refractivity contribution in [2.75, 3.05) is 5.32 Å². The lowest BCUT2D eigenvalue weighted by Crippen LogP contribution is -2.23. The highest BCUT2D eigenvalue weighted by molar-refractivity contribution is 5.94. The van der Waals surface area contributed by atoms with Crippen molar-refractivity contribution >= 4 is 17.3 Å². The summed E-state index contributed by atoms with van der Waals surface area (Å²) in [5, 5.41) is 6.16. The largest absolute Gasteiger partial charge is 0.354 e. The van der Waals surface area contributed by atoms with Gasteiger partial charge in [0.1, 0.15) is 0 Å². The number of anilines is 2. The Kier molecular flexibility index (Phi) is 4.81. The third kappa shape index (κ3) is 3.95. The maximum Gasteiger partial charge on any atom is 0.253 e. The number of nitrogens with one attached hydrogen (secondary N) is 2. The van der Waals surface area contributed by atoms with Crippen molar-refractivity contribution in [2.24, 2.45) is 0 Å². The Balaban J connectivity index is 1.68. The number of rotatable bonds is 5. The lowest BCUT2D eigenvalue weighted by atomic mass is 10.2. The first-order valence-corrected chi connectivity index (χ1v) is 7.67. The molecule has 24 heavy (non-hydrogen) atoms. The number of benzene rings is 1. The van der Waals surface area contributed by atoms with Gasteiger partial charge in [-0.3, -0.25) is 14.8 Å². The highest BCUT2D eigenvalue weighted by atomic mass is 16.1. The molecular formula is C19H18N4O. The number of carbonyl (C=O) groups is 1. The van der Waals surface area contributed by atoms with Crippen molar-refractivity contribution in [1.29, 1.82) is 0 Å². The van der Waals surface area contributed by atoms with Crippen molar-refractivity contribution in [3.05, 3.63) is 83.9 Å². The molecule has 0 aliphatic heterocycles. The van der Waals surface area contributed by atoms with Gasteiger partial charge in [0.15, 0.2) is 0 Å². The number of nitrogens with zero attached hydrogens (tertiary/aromatic N) is 2. The van der Waals surface area contributed by atoms with E-state index in [2.05, 4.69) is 20.6 Å². The zero-order valence-electron chi connectivity index (χ0n) is 13.4. The summed E-state index contributed by atoms with van der Waals surface area (Å²) in [6.45, 7) is 2.46. The number of aromatic nitrogens is 2. The highest BCUT2D eigenvalue weighted by Crippen LogP contribution is 2.20. The van der Waals surface area contributed by atoms with E-state index >= 15 is 0 Å². The van der Waals surface area contributed by atoms with Gasteiger partial charge in [-0.1, -0.05) is 24.3 Å². The fraction of sp³-hybridized carbons (Fsp3) is 0.105. The molecule has 0 fully saturated rings. The molecule has 0 radical (unpaired) electrons. The summed E-state index contributed by atoms with van der Waals surface area (Å²) >= 11 is 0. The Hall–Kier alpha value is -3.21. The van der Waals surface area contributed by atoms with Crippen LogP contribution in [0.25, 0.3) is 0 Å². The van der Waals surface area contributed by atoms with E-state index in [-0.39, 0.29) is 5.91 Å². The van der Waals surface area contributed by atoms with Gasteiger partial charge in [0.05, 0.1) is 17.4 Å². The van der Waals surface area contributed by atoms with Gasteiger partial charge in [-0.25, -0.2) is 0 Å². The first-order valence-electron chi connectivity index (χ1n) is 7.67. The van der Waals surface area contributed by atoms with Crippen LogP contribution in [-0.2, 0) is 6.54 Å². The molecule has 2 aromatic heterocycles. The Labute approximate surface area is 140 Å². The molecule has 120 valence electrons. The van der Waals surface area contributed by atoms with Gasteiger partial charge in [-0.2, -0.15) is 0 Å². The smallest absolute Gasteiger partial charge is 0.253 e. The van der Waals surface area contributed by atoms with Gasteiger partial charge in [0.25, 0.3) is 5.91 Å². The molecule has 5 nitrogen and oxygen atoms in total. The van der Waals surface area contributed by atoms with E-state index < -0.39 is 0 Å². The molecule has 3 rings (SSSR count). The van der Waals surface area contributed by atoms with Crippen molar-refractivity contribution < 1.29 is 4.79 Å². The molecular weight excluding hydrogens is 300 g/mol. The lowest BCUT2D eigenvalue weighted by Gasteiger charge is -2.10. The van der Waals surface area contributed by atoms with E-state index in [1.807, 2.05) is 43.3 Å². The maximum atomic E-state index is 12.3. The maximum absolute atomic E-state index is 12.3. The average Bonchev–Trinajstić information content (AvgIpc) is 2.63. The minimum Gasteiger partial charge on any atom is -0.354 e. The van der Waals surface area contributed by atoms with E-state index in [4.69, 9.17) is 0 Å². The Morgan fingerprint density at radius 1 is 1.04 bits per heavy atom. The van der Waals surface area contributed by atoms with E-state index in [1.54, 1.807) is 30.9 Å². The van der Waals surface area contributed by atoms with Crippen LogP contribution >= 0.6 is 0 Å². The number of pyridine rings is 2. The normalized spacial score (nSPS) is 10.2. The van der Waals surface area contributed by atoms with Crippen LogP contribution in [0.3, 0.4) is 0 Å². The predicted molar refractivity (Wildman–Crippen MR) is 94.1 cm³/mol. The van der Waals surface area contributed by atoms with Crippen LogP contribution in [0.15, 0.2) is 67.3 Å². The molecule has 1 aromatic carbocycles. The molecule has 0 aliphatic carbocycles. The third-order valence-electron chi connectivity index (χ3n) is 3.60. The van der Waals surface area contributed by atoms with Crippen molar-refractivity contribution in [3.8, 4) is 0 Å². The fourth-order valence-corrected chi connectivity index (χ4v) is 2.29. The summed E-state index contributed by atoms with van der Waals surface area (Å²) in [7, 11) is 0. The zero-order valence-corrected chi connectivity index (χ0v) is 13.4. The fourth-order valence-electron chi connectivity index (χ4n) is 2.29. The molecule has 0 saturated carbocycles. The molecule has 0 unspecified atom stereocenters. The topological polar surface area (TPSA) is 66.9 Å². The van der Waals surface area contributed by atoms with Crippen LogP contribution in [-0.4, -0.2) is 15.9 Å². The van der Waals surface area contributed by atoms with Crippen LogP contribution in [0.5, 0.6) is 0 Å². The first kappa shape index (κ1) is 15.7. The van der Waals surface area contributed by atoms with Gasteiger partial charge in [0.2, 0.25) is 0 Å². The predicted octanol–water partition coefficient (Wildman–Crippen LogP) is 3.46. The number of hydrogen-bond donors (Lipinski definition) is 2. The minimum atomic E-state index is -0.167. The molecule has 0 spiro atoms. The van der Waals surface area contributed by atoms with Gasteiger partial charge < -0.3 is 10.6 Å². The van der Waals surface area contributed by atoms with Crippen LogP contribution < -0.4 is 10.6 Å². The van der Waals surface area contributed by atoms with Gasteiger partial charge in [-0.15, -0.1) is 0 Å². The van der Waals surface area contributed by atoms with E-state index in [9.17, 15) is 4.79 Å². The van der Waals surface area contributed by atoms with Gasteiger partial charge >= 0.3 is 0 Å². The molecule has 1 amide bonds. The molecule has 5 heteroatoms. The molecule has 0 saturated heterocycles. The highest BCUT2D eigenvalue weighted by Gasteiger charge is 2.07. The molecule has 2 heterocycles. The summed E-state index contributed by atoms with van der Waals surface area (Å²) in [5.74, 6) is -0.167. The number of carbonyl (C=O) groups excluding carboxylic acids is 1. The van der Waals surface area contributed by atoms with Crippen LogP contribution in [0.1, 0.15) is 21.5 Å². The summed E-state index contributed by atoms with van der Waals surface area (Å²) < 4.78 is 0. The number of amides is 1. The first-order chi connectivity index (χ1) is 11.7. The van der Waals surface area contributed by atoms with E-state index in [1.165, 1.54) is 0 Å². The standard InChI is InChI=1S/C19H18N4O/c1-14-5-2-3-7-18(14)23-17-9-16(12-21-13-17)19(24)22-11-15-6-4-8-20-10-15/h2-10,12-13,23H,11H2,1H3,(H,22,24). The van der Waals surface area contributed by atoms with E-state index in [0.29, 0.717) is 12.1 Å². The SMILES string of the molecule is Cc1ccccc1Nc1cncc(C(=O)NCc2cccnc2)c1. The van der Waals surface area contributed by atoms with Gasteiger partial charge in [-0.05, 0) is 36.2 Å². The Bertz CT molecular complexity index is 834. The molecule has 0 atom stereocenters. The molecule has 0 bridgehead atoms. The molecule has 0 aliphatic rings.